The largest absolute Gasteiger partial charge is 0.451 e. The topological polar surface area (TPSA) is 113 Å². The van der Waals surface area contributed by atoms with Gasteiger partial charge in [0.15, 0.2) is 6.61 Å². The highest BCUT2D eigenvalue weighted by Gasteiger charge is 2.22. The van der Waals surface area contributed by atoms with Gasteiger partial charge in [0, 0.05) is 24.5 Å². The van der Waals surface area contributed by atoms with E-state index in [0.717, 1.165) is 0 Å². The van der Waals surface area contributed by atoms with Crippen molar-refractivity contribution in [3.05, 3.63) is 46.5 Å². The van der Waals surface area contributed by atoms with Gasteiger partial charge >= 0.3 is 5.97 Å². The maximum absolute atomic E-state index is 12.1. The van der Waals surface area contributed by atoms with E-state index in [4.69, 9.17) is 4.74 Å². The first-order valence-electron chi connectivity index (χ1n) is 7.72. The number of rotatable bonds is 5. The number of aromatic nitrogens is 2. The minimum atomic E-state index is -0.732. The predicted octanol–water partition coefficient (Wildman–Crippen LogP) is 1.14. The Hall–Kier alpha value is -2.87. The Bertz CT molecular complexity index is 816. The Morgan fingerprint density at radius 1 is 1.36 bits per heavy atom. The van der Waals surface area contributed by atoms with Gasteiger partial charge < -0.3 is 19.4 Å². The van der Waals surface area contributed by atoms with E-state index in [1.54, 1.807) is 50.7 Å². The van der Waals surface area contributed by atoms with E-state index in [0.29, 0.717) is 22.5 Å². The fourth-order valence-corrected chi connectivity index (χ4v) is 2.72. The number of aryl methyl sites for hydroxylation is 2. The molecule has 0 fully saturated rings. The second kappa shape index (κ2) is 7.35. The zero-order valence-corrected chi connectivity index (χ0v) is 14.5. The lowest BCUT2D eigenvalue weighted by Crippen LogP contribution is -2.35. The number of nitrogens with one attached hydrogen (secondary N) is 2. The van der Waals surface area contributed by atoms with Crippen LogP contribution in [0.25, 0.3) is 0 Å². The highest BCUT2D eigenvalue weighted by atomic mass is 16.5. The molecule has 0 saturated heterocycles. The van der Waals surface area contributed by atoms with Gasteiger partial charge in [0.05, 0.1) is 6.10 Å². The van der Waals surface area contributed by atoms with Gasteiger partial charge in [-0.3, -0.25) is 14.9 Å². The van der Waals surface area contributed by atoms with Crippen LogP contribution in [0.2, 0.25) is 0 Å². The summed E-state index contributed by atoms with van der Waals surface area (Å²) >= 11 is 0. The number of carbonyl (C=O) groups excluding carboxylic acids is 3. The molecule has 0 saturated carbocycles. The normalized spacial score (nSPS) is 11.9. The molecule has 2 aromatic rings. The maximum Gasteiger partial charge on any atom is 0.355 e. The van der Waals surface area contributed by atoms with Crippen molar-refractivity contribution < 1.29 is 24.2 Å². The van der Waals surface area contributed by atoms with Crippen LogP contribution in [0.1, 0.15) is 50.8 Å². The monoisotopic (exact) mass is 347 g/mol. The number of aromatic amines is 1. The van der Waals surface area contributed by atoms with Crippen molar-refractivity contribution in [1.82, 2.24) is 14.9 Å². The third-order valence-electron chi connectivity index (χ3n) is 3.88. The first kappa shape index (κ1) is 18.5. The molecule has 8 nitrogen and oxygen atoms in total. The van der Waals surface area contributed by atoms with Crippen molar-refractivity contribution in [3.63, 3.8) is 0 Å². The van der Waals surface area contributed by atoms with Crippen molar-refractivity contribution >= 4 is 17.8 Å². The lowest BCUT2D eigenvalue weighted by molar-refractivity contribution is -0.123. The molecule has 8 heteroatoms. The number of aliphatic hydroxyl groups excluding tert-OH is 1. The van der Waals surface area contributed by atoms with Crippen LogP contribution in [0, 0.1) is 13.8 Å². The molecule has 25 heavy (non-hydrogen) atoms. The van der Waals surface area contributed by atoms with Crippen LogP contribution in [-0.4, -0.2) is 39.0 Å². The predicted molar refractivity (Wildman–Crippen MR) is 89.1 cm³/mol. The van der Waals surface area contributed by atoms with Gasteiger partial charge in [0.2, 0.25) is 0 Å². The number of H-pyrrole nitrogens is 1. The van der Waals surface area contributed by atoms with Crippen LogP contribution >= 0.6 is 0 Å². The maximum atomic E-state index is 12.1. The summed E-state index contributed by atoms with van der Waals surface area (Å²) < 4.78 is 6.51. The van der Waals surface area contributed by atoms with Crippen molar-refractivity contribution in [2.24, 2.45) is 7.05 Å². The lowest BCUT2D eigenvalue weighted by Gasteiger charge is -2.07. The minimum absolute atomic E-state index is 0.176. The first-order chi connectivity index (χ1) is 11.7. The number of esters is 1. The molecule has 0 spiro atoms. The van der Waals surface area contributed by atoms with E-state index in [2.05, 4.69) is 10.3 Å². The smallest absolute Gasteiger partial charge is 0.355 e. The summed E-state index contributed by atoms with van der Waals surface area (Å²) in [6, 6.07) is 3.24. The van der Waals surface area contributed by atoms with Crippen LogP contribution in [0.5, 0.6) is 0 Å². The van der Waals surface area contributed by atoms with Gasteiger partial charge in [-0.15, -0.1) is 0 Å². The van der Waals surface area contributed by atoms with E-state index < -0.39 is 30.5 Å². The van der Waals surface area contributed by atoms with Crippen LogP contribution in [0.4, 0.5) is 0 Å². The molecule has 134 valence electrons. The van der Waals surface area contributed by atoms with Crippen LogP contribution in [-0.2, 0) is 16.6 Å². The van der Waals surface area contributed by atoms with Crippen LogP contribution < -0.4 is 5.32 Å². The summed E-state index contributed by atoms with van der Waals surface area (Å²) in [5, 5.41) is 11.9. The fourth-order valence-electron chi connectivity index (χ4n) is 2.72. The van der Waals surface area contributed by atoms with E-state index in [-0.39, 0.29) is 5.69 Å². The highest BCUT2D eigenvalue weighted by Crippen LogP contribution is 2.24. The number of imide groups is 1. The van der Waals surface area contributed by atoms with Gasteiger partial charge in [-0.1, -0.05) is 0 Å². The number of hydrogen-bond donors (Lipinski definition) is 3. The molecule has 0 radical (unpaired) electrons. The standard InChI is InChI=1S/C17H21N3O5/c1-9-14(11(3)21)10(2)18-15(9)17(24)25-8-13(22)19-16(23)12-6-5-7-20(12)4/h5-7,11,18,21H,8H2,1-4H3,(H,19,22,23)/t11-/m1/s1. The number of ether oxygens (including phenoxy) is 1. The molecular formula is C17H21N3O5. The van der Waals surface area contributed by atoms with E-state index in [9.17, 15) is 19.5 Å². The molecule has 2 aromatic heterocycles. The summed E-state index contributed by atoms with van der Waals surface area (Å²) in [6.45, 7) is 4.43. The zero-order chi connectivity index (χ0) is 18.7. The Labute approximate surface area is 144 Å². The van der Waals surface area contributed by atoms with Gasteiger partial charge in [0.25, 0.3) is 11.8 Å². The SMILES string of the molecule is Cc1[nH]c(C(=O)OCC(=O)NC(=O)c2cccn2C)c(C)c1[C@@H](C)O. The van der Waals surface area contributed by atoms with Crippen molar-refractivity contribution in [2.45, 2.75) is 26.9 Å². The van der Waals surface area contributed by atoms with Gasteiger partial charge in [-0.2, -0.15) is 0 Å². The zero-order valence-electron chi connectivity index (χ0n) is 14.5. The fraction of sp³-hybridized carbons (Fsp3) is 0.353. The van der Waals surface area contributed by atoms with E-state index in [1.165, 1.54) is 0 Å². The number of hydrogen-bond acceptors (Lipinski definition) is 5. The third kappa shape index (κ3) is 3.97. The molecule has 0 bridgehead atoms. The summed E-state index contributed by atoms with van der Waals surface area (Å²) in [5.41, 5.74) is 2.34. The van der Waals surface area contributed by atoms with Gasteiger partial charge in [-0.05, 0) is 38.5 Å². The van der Waals surface area contributed by atoms with E-state index >= 15 is 0 Å². The molecule has 2 amide bonds. The Morgan fingerprint density at radius 3 is 2.56 bits per heavy atom. The number of amides is 2. The summed E-state index contributed by atoms with van der Waals surface area (Å²) in [6.07, 6.45) is 0.944. The second-order valence-electron chi connectivity index (χ2n) is 5.80. The molecule has 3 N–H and O–H groups in total. The van der Waals surface area contributed by atoms with Crippen molar-refractivity contribution in [3.8, 4) is 0 Å². The Balaban J connectivity index is 1.96. The average Bonchev–Trinajstić information content (AvgIpc) is 3.08. The molecule has 2 rings (SSSR count). The lowest BCUT2D eigenvalue weighted by atomic mass is 10.1. The minimum Gasteiger partial charge on any atom is -0.451 e. The molecule has 0 aromatic carbocycles. The van der Waals surface area contributed by atoms with Crippen molar-refractivity contribution in [2.75, 3.05) is 6.61 Å². The molecule has 2 heterocycles. The molecule has 0 aliphatic rings. The third-order valence-corrected chi connectivity index (χ3v) is 3.88. The quantitative estimate of drug-likeness (QED) is 0.702. The molecule has 1 atom stereocenters. The number of nitrogens with zero attached hydrogens (tertiary/aromatic N) is 1. The van der Waals surface area contributed by atoms with Crippen LogP contribution in [0.15, 0.2) is 18.3 Å². The van der Waals surface area contributed by atoms with Gasteiger partial charge in [0.1, 0.15) is 11.4 Å². The molecule has 0 unspecified atom stereocenters. The Kier molecular flexibility index (Phi) is 5.43. The van der Waals surface area contributed by atoms with E-state index in [1.807, 2.05) is 0 Å². The van der Waals surface area contributed by atoms with Crippen molar-refractivity contribution in [1.29, 1.82) is 0 Å². The number of aliphatic hydroxyl groups is 1. The summed E-state index contributed by atoms with van der Waals surface area (Å²) in [7, 11) is 1.68. The number of carbonyl (C=O) groups is 3. The highest BCUT2D eigenvalue weighted by molar-refractivity contribution is 6.04. The molecule has 0 aliphatic heterocycles. The second-order valence-corrected chi connectivity index (χ2v) is 5.80. The summed E-state index contributed by atoms with van der Waals surface area (Å²) in [4.78, 5) is 38.7. The van der Waals surface area contributed by atoms with Gasteiger partial charge in [-0.25, -0.2) is 4.79 Å². The van der Waals surface area contributed by atoms with Crippen LogP contribution in [0.3, 0.4) is 0 Å². The first-order valence-corrected chi connectivity index (χ1v) is 7.72. The summed E-state index contributed by atoms with van der Waals surface area (Å²) in [5.74, 6) is -2.03. The Morgan fingerprint density at radius 2 is 2.04 bits per heavy atom. The molecule has 0 aliphatic carbocycles. The average molecular weight is 347 g/mol. The molecular weight excluding hydrogens is 326 g/mol.